The number of carbonyl (C=O) groups is 2. The highest BCUT2D eigenvalue weighted by Gasteiger charge is 2.19. The maximum absolute atomic E-state index is 13.5. The molecule has 2 heterocycles. The molecule has 1 aromatic heterocycles. The number of benzene rings is 2. The Balaban J connectivity index is 1.36. The van der Waals surface area contributed by atoms with E-state index in [4.69, 9.17) is 9.47 Å². The maximum atomic E-state index is 13.5. The Morgan fingerprint density at radius 2 is 1.97 bits per heavy atom. The van der Waals surface area contributed by atoms with Crippen molar-refractivity contribution >= 4 is 28.3 Å². The SMILES string of the molecule is CCCCN(CCC(=O)Nc1nnc(-c2ccc3c(c2)OCO3)s1)C(=O)c1cccc(F)c1. The summed E-state index contributed by atoms with van der Waals surface area (Å²) in [4.78, 5) is 26.9. The number of aromatic nitrogens is 2. The van der Waals surface area contributed by atoms with Crippen molar-refractivity contribution in [2.45, 2.75) is 26.2 Å². The van der Waals surface area contributed by atoms with Gasteiger partial charge in [0.1, 0.15) is 10.8 Å². The highest BCUT2D eigenvalue weighted by Crippen LogP contribution is 2.37. The molecule has 1 aliphatic heterocycles. The third kappa shape index (κ3) is 5.64. The summed E-state index contributed by atoms with van der Waals surface area (Å²) < 4.78 is 24.2. The van der Waals surface area contributed by atoms with Crippen molar-refractivity contribution in [3.05, 3.63) is 53.8 Å². The van der Waals surface area contributed by atoms with Crippen molar-refractivity contribution in [1.82, 2.24) is 15.1 Å². The molecule has 8 nitrogen and oxygen atoms in total. The second-order valence-corrected chi connectivity index (χ2v) is 8.41. The molecule has 2 aromatic carbocycles. The first-order valence-corrected chi connectivity index (χ1v) is 11.4. The lowest BCUT2D eigenvalue weighted by molar-refractivity contribution is -0.116. The molecule has 10 heteroatoms. The standard InChI is InChI=1S/C23H23FN4O4S/c1-2-3-10-28(22(30)16-5-4-6-17(24)12-16)11-9-20(29)25-23-27-26-21(33-23)15-7-8-18-19(13-15)32-14-31-18/h4-8,12-13H,2-3,9-11,14H2,1H3,(H,25,27,29). The molecule has 3 aromatic rings. The number of ether oxygens (including phenoxy) is 2. The van der Waals surface area contributed by atoms with Crippen LogP contribution in [0.2, 0.25) is 0 Å². The van der Waals surface area contributed by atoms with Gasteiger partial charge in [-0.1, -0.05) is 30.7 Å². The van der Waals surface area contributed by atoms with E-state index in [1.165, 1.54) is 29.5 Å². The van der Waals surface area contributed by atoms with Crippen molar-refractivity contribution < 1.29 is 23.5 Å². The number of amides is 2. The van der Waals surface area contributed by atoms with Crippen LogP contribution in [0.15, 0.2) is 42.5 Å². The fraction of sp³-hybridized carbons (Fsp3) is 0.304. The summed E-state index contributed by atoms with van der Waals surface area (Å²) in [6, 6.07) is 11.0. The van der Waals surface area contributed by atoms with E-state index >= 15 is 0 Å². The largest absolute Gasteiger partial charge is 0.454 e. The molecule has 0 saturated carbocycles. The van der Waals surface area contributed by atoms with Crippen molar-refractivity contribution in [3.8, 4) is 22.1 Å². The number of anilines is 1. The van der Waals surface area contributed by atoms with Crippen LogP contribution in [0, 0.1) is 5.82 Å². The smallest absolute Gasteiger partial charge is 0.253 e. The van der Waals surface area contributed by atoms with Gasteiger partial charge in [-0.3, -0.25) is 9.59 Å². The summed E-state index contributed by atoms with van der Waals surface area (Å²) in [5, 5.41) is 11.9. The van der Waals surface area contributed by atoms with Crippen LogP contribution in [-0.4, -0.2) is 46.8 Å². The quantitative estimate of drug-likeness (QED) is 0.500. The predicted octanol–water partition coefficient (Wildman–Crippen LogP) is 4.34. The van der Waals surface area contributed by atoms with Gasteiger partial charge in [0.05, 0.1) is 0 Å². The highest BCUT2D eigenvalue weighted by atomic mass is 32.1. The first-order chi connectivity index (χ1) is 16.0. The lowest BCUT2D eigenvalue weighted by Gasteiger charge is -2.22. The van der Waals surface area contributed by atoms with Gasteiger partial charge in [0.25, 0.3) is 5.91 Å². The minimum atomic E-state index is -0.469. The van der Waals surface area contributed by atoms with E-state index < -0.39 is 5.82 Å². The topological polar surface area (TPSA) is 93.7 Å². The molecule has 4 rings (SSSR count). The second kappa shape index (κ2) is 10.4. The number of carbonyl (C=O) groups excluding carboxylic acids is 2. The van der Waals surface area contributed by atoms with Crippen LogP contribution >= 0.6 is 11.3 Å². The highest BCUT2D eigenvalue weighted by molar-refractivity contribution is 7.18. The fourth-order valence-corrected chi connectivity index (χ4v) is 4.06. The molecule has 0 aliphatic carbocycles. The molecule has 0 unspecified atom stereocenters. The van der Waals surface area contributed by atoms with Gasteiger partial charge in [0.15, 0.2) is 11.5 Å². The molecule has 1 aliphatic rings. The summed E-state index contributed by atoms with van der Waals surface area (Å²) in [6.45, 7) is 2.92. The third-order valence-corrected chi connectivity index (χ3v) is 5.93. The number of fused-ring (bicyclic) bond motifs is 1. The Bertz CT molecular complexity index is 1150. The van der Waals surface area contributed by atoms with E-state index in [-0.39, 0.29) is 37.1 Å². The number of nitrogens with one attached hydrogen (secondary N) is 1. The van der Waals surface area contributed by atoms with Crippen LogP contribution < -0.4 is 14.8 Å². The molecule has 0 fully saturated rings. The normalized spacial score (nSPS) is 11.9. The van der Waals surface area contributed by atoms with Crippen LogP contribution in [0.3, 0.4) is 0 Å². The Labute approximate surface area is 194 Å². The molecule has 0 bridgehead atoms. The van der Waals surface area contributed by atoms with E-state index in [0.29, 0.717) is 28.2 Å². The molecule has 2 amide bonds. The van der Waals surface area contributed by atoms with Gasteiger partial charge >= 0.3 is 0 Å². The first-order valence-electron chi connectivity index (χ1n) is 10.6. The number of nitrogens with zero attached hydrogens (tertiary/aromatic N) is 3. The second-order valence-electron chi connectivity index (χ2n) is 7.43. The van der Waals surface area contributed by atoms with Crippen LogP contribution in [0.1, 0.15) is 36.5 Å². The van der Waals surface area contributed by atoms with Gasteiger partial charge in [-0.15, -0.1) is 10.2 Å². The Morgan fingerprint density at radius 3 is 2.79 bits per heavy atom. The maximum Gasteiger partial charge on any atom is 0.253 e. The molecule has 172 valence electrons. The summed E-state index contributed by atoms with van der Waals surface area (Å²) in [5.41, 5.74) is 1.08. The number of unbranched alkanes of at least 4 members (excludes halogenated alkanes) is 1. The summed E-state index contributed by atoms with van der Waals surface area (Å²) in [7, 11) is 0. The van der Waals surface area contributed by atoms with Crippen LogP contribution in [0.5, 0.6) is 11.5 Å². The molecule has 0 saturated heterocycles. The van der Waals surface area contributed by atoms with E-state index in [9.17, 15) is 14.0 Å². The zero-order chi connectivity index (χ0) is 23.2. The molecule has 1 N–H and O–H groups in total. The Hall–Kier alpha value is -3.53. The van der Waals surface area contributed by atoms with Gasteiger partial charge in [0, 0.05) is 30.6 Å². The average molecular weight is 471 g/mol. The van der Waals surface area contributed by atoms with Crippen molar-refractivity contribution in [2.24, 2.45) is 0 Å². The zero-order valence-corrected chi connectivity index (χ0v) is 18.9. The first kappa shape index (κ1) is 22.7. The van der Waals surface area contributed by atoms with Crippen molar-refractivity contribution in [1.29, 1.82) is 0 Å². The third-order valence-electron chi connectivity index (χ3n) is 5.04. The number of hydrogen-bond acceptors (Lipinski definition) is 7. The van der Waals surface area contributed by atoms with Crippen molar-refractivity contribution in [3.63, 3.8) is 0 Å². The molecule has 33 heavy (non-hydrogen) atoms. The summed E-state index contributed by atoms with van der Waals surface area (Å²) in [5.74, 6) is 0.276. The number of hydrogen-bond donors (Lipinski definition) is 1. The number of rotatable bonds is 9. The summed E-state index contributed by atoms with van der Waals surface area (Å²) >= 11 is 1.24. The molecule has 0 radical (unpaired) electrons. The molecular weight excluding hydrogens is 447 g/mol. The Kier molecular flexibility index (Phi) is 7.13. The predicted molar refractivity (Wildman–Crippen MR) is 122 cm³/mol. The molecular formula is C23H23FN4O4S. The zero-order valence-electron chi connectivity index (χ0n) is 18.0. The molecule has 0 spiro atoms. The van der Waals surface area contributed by atoms with Gasteiger partial charge in [-0.2, -0.15) is 0 Å². The van der Waals surface area contributed by atoms with Crippen LogP contribution in [0.25, 0.3) is 10.6 Å². The van der Waals surface area contributed by atoms with Crippen LogP contribution in [0.4, 0.5) is 9.52 Å². The Morgan fingerprint density at radius 1 is 1.12 bits per heavy atom. The minimum absolute atomic E-state index is 0.0870. The van der Waals surface area contributed by atoms with Crippen molar-refractivity contribution in [2.75, 3.05) is 25.2 Å². The number of halogens is 1. The lowest BCUT2D eigenvalue weighted by atomic mass is 10.1. The lowest BCUT2D eigenvalue weighted by Crippen LogP contribution is -2.34. The van der Waals surface area contributed by atoms with E-state index in [1.54, 1.807) is 17.0 Å². The van der Waals surface area contributed by atoms with E-state index in [1.807, 2.05) is 19.1 Å². The van der Waals surface area contributed by atoms with E-state index in [2.05, 4.69) is 15.5 Å². The average Bonchev–Trinajstić information content (AvgIpc) is 3.47. The minimum Gasteiger partial charge on any atom is -0.454 e. The van der Waals surface area contributed by atoms with Gasteiger partial charge in [-0.25, -0.2) is 4.39 Å². The summed E-state index contributed by atoms with van der Waals surface area (Å²) in [6.07, 6.45) is 1.77. The monoisotopic (exact) mass is 470 g/mol. The van der Waals surface area contributed by atoms with Gasteiger partial charge < -0.3 is 19.7 Å². The molecule has 0 atom stereocenters. The van der Waals surface area contributed by atoms with E-state index in [0.717, 1.165) is 18.4 Å². The van der Waals surface area contributed by atoms with Gasteiger partial charge in [0.2, 0.25) is 17.8 Å². The van der Waals surface area contributed by atoms with Gasteiger partial charge in [-0.05, 0) is 42.8 Å². The fourth-order valence-electron chi connectivity index (χ4n) is 3.31. The van der Waals surface area contributed by atoms with Crippen LogP contribution in [-0.2, 0) is 4.79 Å².